The topological polar surface area (TPSA) is 53.3 Å². The van der Waals surface area contributed by atoms with Gasteiger partial charge in [0.15, 0.2) is 0 Å². The first kappa shape index (κ1) is 14.6. The van der Waals surface area contributed by atoms with Crippen molar-refractivity contribution < 1.29 is 9.53 Å². The highest BCUT2D eigenvalue weighted by Gasteiger charge is 2.25. The third-order valence-electron chi connectivity index (χ3n) is 3.18. The van der Waals surface area contributed by atoms with Crippen molar-refractivity contribution >= 4 is 23.1 Å². The zero-order valence-corrected chi connectivity index (χ0v) is 11.9. The minimum absolute atomic E-state index is 0.169. The zero-order valence-electron chi connectivity index (χ0n) is 11.2. The summed E-state index contributed by atoms with van der Waals surface area (Å²) in [7, 11) is 0. The van der Waals surface area contributed by atoms with Gasteiger partial charge < -0.3 is 9.64 Å². The highest BCUT2D eigenvalue weighted by Crippen LogP contribution is 2.19. The molecular weight excluding hydrogens is 276 g/mol. The minimum atomic E-state index is -0.514. The lowest BCUT2D eigenvalue weighted by Gasteiger charge is -2.30. The first-order chi connectivity index (χ1) is 9.61. The van der Waals surface area contributed by atoms with Crippen LogP contribution in [0.25, 0.3) is 5.57 Å². The first-order valence-corrected chi connectivity index (χ1v) is 6.72. The van der Waals surface area contributed by atoms with Crippen molar-refractivity contribution in [3.05, 3.63) is 40.9 Å². The fraction of sp³-hybridized carbons (Fsp3) is 0.333. The lowest BCUT2D eigenvalue weighted by molar-refractivity contribution is -0.132. The smallest absolute Gasteiger partial charge is 0.248 e. The third kappa shape index (κ3) is 3.38. The van der Waals surface area contributed by atoms with Crippen molar-refractivity contribution in [2.24, 2.45) is 0 Å². The van der Waals surface area contributed by atoms with E-state index in [9.17, 15) is 4.79 Å². The number of ether oxygens (including phenoxy) is 1. The Morgan fingerprint density at radius 1 is 1.60 bits per heavy atom. The minimum Gasteiger partial charge on any atom is -0.376 e. The molecule has 0 aromatic heterocycles. The van der Waals surface area contributed by atoms with Gasteiger partial charge in [-0.15, -0.1) is 0 Å². The van der Waals surface area contributed by atoms with Crippen molar-refractivity contribution in [2.75, 3.05) is 19.8 Å². The second-order valence-electron chi connectivity index (χ2n) is 4.59. The van der Waals surface area contributed by atoms with Gasteiger partial charge in [0, 0.05) is 17.6 Å². The number of hydrogen-bond acceptors (Lipinski definition) is 3. The summed E-state index contributed by atoms with van der Waals surface area (Å²) in [6, 6.07) is 8.90. The predicted octanol–water partition coefficient (Wildman–Crippen LogP) is 2.49. The summed E-state index contributed by atoms with van der Waals surface area (Å²) in [5.74, 6) is -0.169. The number of rotatable bonds is 2. The summed E-state index contributed by atoms with van der Waals surface area (Å²) in [5, 5.41) is 9.66. The maximum absolute atomic E-state index is 12.2. The van der Waals surface area contributed by atoms with Crippen LogP contribution in [0.5, 0.6) is 0 Å². The Labute approximate surface area is 123 Å². The molecule has 1 aliphatic heterocycles. The Kier molecular flexibility index (Phi) is 4.78. The summed E-state index contributed by atoms with van der Waals surface area (Å²) in [5.41, 5.74) is 1.72. The van der Waals surface area contributed by atoms with Gasteiger partial charge in [-0.3, -0.25) is 4.79 Å². The monoisotopic (exact) mass is 290 g/mol. The van der Waals surface area contributed by atoms with E-state index >= 15 is 0 Å². The van der Waals surface area contributed by atoms with Crippen molar-refractivity contribution in [2.45, 2.75) is 13.0 Å². The van der Waals surface area contributed by atoms with E-state index in [0.717, 1.165) is 11.1 Å². The summed E-state index contributed by atoms with van der Waals surface area (Å²) >= 11 is 5.94. The molecule has 1 saturated heterocycles. The van der Waals surface area contributed by atoms with Gasteiger partial charge in [0.2, 0.25) is 5.91 Å². The maximum atomic E-state index is 12.2. The van der Waals surface area contributed by atoms with Gasteiger partial charge in [-0.25, -0.2) is 0 Å². The van der Waals surface area contributed by atoms with Crippen LogP contribution in [0.1, 0.15) is 12.5 Å². The number of morpholine rings is 1. The van der Waals surface area contributed by atoms with Crippen LogP contribution in [0.4, 0.5) is 0 Å². The van der Waals surface area contributed by atoms with Gasteiger partial charge in [0.05, 0.1) is 19.3 Å². The molecule has 0 radical (unpaired) electrons. The van der Waals surface area contributed by atoms with E-state index in [1.165, 1.54) is 4.90 Å². The molecule has 1 aliphatic rings. The Bertz CT molecular complexity index is 577. The maximum Gasteiger partial charge on any atom is 0.248 e. The third-order valence-corrected chi connectivity index (χ3v) is 3.42. The Balaban J connectivity index is 2.17. The molecule has 0 aliphatic carbocycles. The molecule has 0 bridgehead atoms. The van der Waals surface area contributed by atoms with Crippen LogP contribution in [0, 0.1) is 11.3 Å². The number of nitrogens with zero attached hydrogens (tertiary/aromatic N) is 2. The molecule has 5 heteroatoms. The summed E-state index contributed by atoms with van der Waals surface area (Å²) < 4.78 is 5.20. The van der Waals surface area contributed by atoms with Gasteiger partial charge in [-0.1, -0.05) is 23.7 Å². The number of amides is 1. The second kappa shape index (κ2) is 6.56. The fourth-order valence-electron chi connectivity index (χ4n) is 2.06. The first-order valence-electron chi connectivity index (χ1n) is 6.34. The Morgan fingerprint density at radius 3 is 3.10 bits per heavy atom. The Hall–Kier alpha value is -1.83. The van der Waals surface area contributed by atoms with Crippen molar-refractivity contribution in [1.29, 1.82) is 5.26 Å². The van der Waals surface area contributed by atoms with Crippen molar-refractivity contribution in [3.63, 3.8) is 0 Å². The van der Waals surface area contributed by atoms with Gasteiger partial charge in [0.1, 0.15) is 6.04 Å². The molecule has 1 amide bonds. The highest BCUT2D eigenvalue weighted by atomic mass is 35.5. The van der Waals surface area contributed by atoms with E-state index in [1.54, 1.807) is 12.1 Å². The average molecular weight is 291 g/mol. The van der Waals surface area contributed by atoms with E-state index in [0.29, 0.717) is 18.2 Å². The predicted molar refractivity (Wildman–Crippen MR) is 77.0 cm³/mol. The number of benzene rings is 1. The number of hydrogen-bond donors (Lipinski definition) is 0. The molecule has 1 aromatic carbocycles. The van der Waals surface area contributed by atoms with E-state index < -0.39 is 6.04 Å². The fourth-order valence-corrected chi connectivity index (χ4v) is 2.25. The highest BCUT2D eigenvalue weighted by molar-refractivity contribution is 6.30. The molecule has 1 fully saturated rings. The average Bonchev–Trinajstić information content (AvgIpc) is 2.47. The van der Waals surface area contributed by atoms with Crippen LogP contribution in [0.2, 0.25) is 5.02 Å². The number of nitriles is 1. The van der Waals surface area contributed by atoms with Crippen LogP contribution >= 0.6 is 11.6 Å². The molecule has 1 atom stereocenters. The lowest BCUT2D eigenvalue weighted by atomic mass is 10.1. The SMILES string of the molecule is CC(=CC(=O)N1CCOCC1C#N)c1cccc(Cl)c1. The quantitative estimate of drug-likeness (QED) is 0.786. The van der Waals surface area contributed by atoms with E-state index in [-0.39, 0.29) is 12.5 Å². The summed E-state index contributed by atoms with van der Waals surface area (Å²) in [4.78, 5) is 13.8. The standard InChI is InChI=1S/C15H15ClN2O2/c1-11(12-3-2-4-13(16)8-12)7-15(19)18-5-6-20-10-14(18)9-17/h2-4,7-8,14H,5-6,10H2,1H3. The molecule has 0 saturated carbocycles. The molecule has 4 nitrogen and oxygen atoms in total. The molecule has 1 heterocycles. The number of carbonyl (C=O) groups excluding carboxylic acids is 1. The van der Waals surface area contributed by atoms with E-state index in [4.69, 9.17) is 21.6 Å². The van der Waals surface area contributed by atoms with Crippen LogP contribution in [0.15, 0.2) is 30.3 Å². The van der Waals surface area contributed by atoms with E-state index in [1.807, 2.05) is 25.1 Å². The van der Waals surface area contributed by atoms with Crippen LogP contribution in [-0.4, -0.2) is 36.6 Å². The van der Waals surface area contributed by atoms with Crippen LogP contribution in [-0.2, 0) is 9.53 Å². The molecule has 1 unspecified atom stereocenters. The second-order valence-corrected chi connectivity index (χ2v) is 5.03. The van der Waals surface area contributed by atoms with Crippen molar-refractivity contribution in [1.82, 2.24) is 4.90 Å². The molecule has 0 spiro atoms. The van der Waals surface area contributed by atoms with Gasteiger partial charge in [-0.05, 0) is 30.2 Å². The van der Waals surface area contributed by atoms with Gasteiger partial charge in [-0.2, -0.15) is 5.26 Å². The van der Waals surface area contributed by atoms with Crippen molar-refractivity contribution in [3.8, 4) is 6.07 Å². The molecule has 2 rings (SSSR count). The zero-order chi connectivity index (χ0) is 14.5. The summed E-state index contributed by atoms with van der Waals surface area (Å²) in [6.45, 7) is 3.03. The molecule has 104 valence electrons. The van der Waals surface area contributed by atoms with Crippen LogP contribution < -0.4 is 0 Å². The number of carbonyl (C=O) groups is 1. The van der Waals surface area contributed by atoms with Gasteiger partial charge >= 0.3 is 0 Å². The van der Waals surface area contributed by atoms with Crippen LogP contribution in [0.3, 0.4) is 0 Å². The molecule has 0 N–H and O–H groups in total. The van der Waals surface area contributed by atoms with Gasteiger partial charge in [0.25, 0.3) is 0 Å². The molecular formula is C15H15ClN2O2. The molecule has 20 heavy (non-hydrogen) atoms. The summed E-state index contributed by atoms with van der Waals surface area (Å²) in [6.07, 6.45) is 1.54. The number of allylic oxidation sites excluding steroid dienone is 1. The normalized spacial score (nSPS) is 19.6. The largest absolute Gasteiger partial charge is 0.376 e. The molecule has 1 aromatic rings. The van der Waals surface area contributed by atoms with E-state index in [2.05, 4.69) is 6.07 Å². The number of halogens is 1. The lowest BCUT2D eigenvalue weighted by Crippen LogP contribution is -2.47. The Morgan fingerprint density at radius 2 is 2.40 bits per heavy atom.